The third kappa shape index (κ3) is 4.31. The molecular weight excluding hydrogens is 406 g/mol. The second-order valence-electron chi connectivity index (χ2n) is 7.61. The Balaban J connectivity index is 1.52. The number of urea groups is 1. The van der Waals surface area contributed by atoms with Gasteiger partial charge in [0.2, 0.25) is 5.91 Å². The van der Waals surface area contributed by atoms with E-state index < -0.39 is 0 Å². The summed E-state index contributed by atoms with van der Waals surface area (Å²) in [6, 6.07) is 10.2. The predicted octanol–water partition coefficient (Wildman–Crippen LogP) is 4.38. The van der Waals surface area contributed by atoms with Crippen LogP contribution in [0.4, 0.5) is 16.2 Å². The summed E-state index contributed by atoms with van der Waals surface area (Å²) in [5.74, 6) is 0.508. The number of aromatic hydroxyl groups is 1. The summed E-state index contributed by atoms with van der Waals surface area (Å²) in [5.41, 5.74) is 2.07. The molecule has 0 radical (unpaired) electrons. The van der Waals surface area contributed by atoms with Crippen molar-refractivity contribution in [2.45, 2.75) is 38.3 Å². The van der Waals surface area contributed by atoms with Crippen molar-refractivity contribution < 1.29 is 19.4 Å². The van der Waals surface area contributed by atoms with Gasteiger partial charge in [-0.15, -0.1) is 0 Å². The molecule has 0 unspecified atom stereocenters. The number of nitrogens with one attached hydrogen (secondary N) is 1. The molecule has 1 aliphatic heterocycles. The molecule has 2 fully saturated rings. The highest BCUT2D eigenvalue weighted by molar-refractivity contribution is 6.33. The number of carbonyl (C=O) groups is 2. The number of rotatable bonds is 6. The molecule has 1 heterocycles. The summed E-state index contributed by atoms with van der Waals surface area (Å²) in [7, 11) is 1.49. The number of anilines is 2. The maximum absolute atomic E-state index is 13.1. The van der Waals surface area contributed by atoms with Gasteiger partial charge < -0.3 is 25.0 Å². The Morgan fingerprint density at radius 2 is 2.10 bits per heavy atom. The smallest absolute Gasteiger partial charge is 0.322 e. The van der Waals surface area contributed by atoms with E-state index in [-0.39, 0.29) is 23.7 Å². The van der Waals surface area contributed by atoms with E-state index in [2.05, 4.69) is 5.32 Å². The van der Waals surface area contributed by atoms with Crippen LogP contribution in [0.3, 0.4) is 0 Å². The number of carbonyl (C=O) groups excluding carboxylic acids is 2. The van der Waals surface area contributed by atoms with E-state index in [9.17, 15) is 14.7 Å². The van der Waals surface area contributed by atoms with E-state index in [4.69, 9.17) is 16.3 Å². The second kappa shape index (κ2) is 8.44. The van der Waals surface area contributed by atoms with Gasteiger partial charge in [-0.3, -0.25) is 4.79 Å². The predicted molar refractivity (Wildman–Crippen MR) is 115 cm³/mol. The first-order valence-corrected chi connectivity index (χ1v) is 10.4. The minimum Gasteiger partial charge on any atom is -0.504 e. The van der Waals surface area contributed by atoms with Crippen LogP contribution in [0.25, 0.3) is 0 Å². The molecule has 158 valence electrons. The van der Waals surface area contributed by atoms with Crippen molar-refractivity contribution in [3.05, 3.63) is 47.0 Å². The fraction of sp³-hybridized carbons (Fsp3) is 0.364. The maximum atomic E-state index is 13.1. The third-order valence-electron chi connectivity index (χ3n) is 5.42. The zero-order valence-corrected chi connectivity index (χ0v) is 17.5. The molecule has 30 heavy (non-hydrogen) atoms. The van der Waals surface area contributed by atoms with Crippen molar-refractivity contribution in [3.63, 3.8) is 0 Å². The van der Waals surface area contributed by atoms with Crippen molar-refractivity contribution in [3.8, 4) is 11.5 Å². The Bertz CT molecular complexity index is 977. The van der Waals surface area contributed by atoms with Crippen molar-refractivity contribution in [2.24, 2.45) is 0 Å². The highest BCUT2D eigenvalue weighted by atomic mass is 35.5. The summed E-state index contributed by atoms with van der Waals surface area (Å²) in [5, 5.41) is 13.1. The van der Waals surface area contributed by atoms with Crippen LogP contribution in [-0.2, 0) is 11.3 Å². The van der Waals surface area contributed by atoms with Crippen LogP contribution < -0.4 is 15.0 Å². The van der Waals surface area contributed by atoms with Crippen LogP contribution in [0.1, 0.15) is 31.2 Å². The van der Waals surface area contributed by atoms with Crippen LogP contribution in [-0.4, -0.2) is 41.6 Å². The summed E-state index contributed by atoms with van der Waals surface area (Å²) in [6.07, 6.45) is 3.25. The number of nitrogens with zero attached hydrogens (tertiary/aromatic N) is 2. The molecule has 2 N–H and O–H groups in total. The van der Waals surface area contributed by atoms with Crippen molar-refractivity contribution in [2.75, 3.05) is 23.9 Å². The lowest BCUT2D eigenvalue weighted by atomic mass is 10.2. The Labute approximate surface area is 180 Å². The minimum absolute atomic E-state index is 0.0590. The quantitative estimate of drug-likeness (QED) is 0.714. The number of hydrogen-bond acceptors (Lipinski definition) is 4. The number of benzene rings is 2. The first-order chi connectivity index (χ1) is 14.5. The summed E-state index contributed by atoms with van der Waals surface area (Å²) < 4.78 is 5.17. The first-order valence-electron chi connectivity index (χ1n) is 9.99. The van der Waals surface area contributed by atoms with Crippen molar-refractivity contribution >= 4 is 34.9 Å². The fourth-order valence-electron chi connectivity index (χ4n) is 3.66. The maximum Gasteiger partial charge on any atom is 0.322 e. The molecule has 1 saturated heterocycles. The number of amides is 3. The molecule has 4 rings (SSSR count). The molecule has 1 saturated carbocycles. The summed E-state index contributed by atoms with van der Waals surface area (Å²) in [6.45, 7) is 1.06. The third-order valence-corrected chi connectivity index (χ3v) is 5.75. The van der Waals surface area contributed by atoms with Gasteiger partial charge in [-0.25, -0.2) is 4.79 Å². The lowest BCUT2D eigenvalue weighted by molar-refractivity contribution is -0.117. The van der Waals surface area contributed by atoms with Crippen LogP contribution in [0.5, 0.6) is 11.5 Å². The molecule has 1 aliphatic carbocycles. The van der Waals surface area contributed by atoms with E-state index in [1.54, 1.807) is 46.2 Å². The number of halogens is 1. The molecule has 7 nitrogen and oxygen atoms in total. The zero-order valence-electron chi connectivity index (χ0n) is 16.7. The van der Waals surface area contributed by atoms with Gasteiger partial charge >= 0.3 is 6.03 Å². The van der Waals surface area contributed by atoms with Gasteiger partial charge in [0.15, 0.2) is 11.5 Å². The molecule has 2 aliphatic rings. The molecular formula is C22H24ClN3O4. The van der Waals surface area contributed by atoms with Gasteiger partial charge in [-0.2, -0.15) is 0 Å². The van der Waals surface area contributed by atoms with Gasteiger partial charge in [-0.05, 0) is 55.2 Å². The Hall–Kier alpha value is -2.93. The van der Waals surface area contributed by atoms with E-state index in [1.165, 1.54) is 7.11 Å². The summed E-state index contributed by atoms with van der Waals surface area (Å²) in [4.78, 5) is 28.6. The molecule has 2 aromatic rings. The van der Waals surface area contributed by atoms with E-state index in [0.717, 1.165) is 30.5 Å². The van der Waals surface area contributed by atoms with Crippen LogP contribution in [0.2, 0.25) is 5.02 Å². The molecule has 0 spiro atoms. The summed E-state index contributed by atoms with van der Waals surface area (Å²) >= 11 is 6.32. The molecule has 0 aromatic heterocycles. The average molecular weight is 430 g/mol. The normalized spacial score (nSPS) is 15.9. The standard InChI is InChI=1S/C22H24ClN3O4/c1-30-20-11-14(4-9-19(20)27)13-26(15-5-6-15)22(29)24-18-12-16(7-8-17(18)23)25-10-2-3-21(25)28/h4,7-9,11-12,15,27H,2-3,5-6,10,13H2,1H3,(H,24,29). The monoisotopic (exact) mass is 429 g/mol. The fourth-order valence-corrected chi connectivity index (χ4v) is 3.82. The van der Waals surface area contributed by atoms with Gasteiger partial charge in [-0.1, -0.05) is 17.7 Å². The largest absolute Gasteiger partial charge is 0.504 e. The van der Waals surface area contributed by atoms with Gasteiger partial charge in [0.25, 0.3) is 0 Å². The van der Waals surface area contributed by atoms with Crippen LogP contribution >= 0.6 is 11.6 Å². The topological polar surface area (TPSA) is 82.1 Å². The molecule has 0 bridgehead atoms. The van der Waals surface area contributed by atoms with Crippen molar-refractivity contribution in [1.82, 2.24) is 4.90 Å². The van der Waals surface area contributed by atoms with E-state index in [0.29, 0.717) is 36.0 Å². The molecule has 2 aromatic carbocycles. The Morgan fingerprint density at radius 1 is 1.30 bits per heavy atom. The number of phenols is 1. The lowest BCUT2D eigenvalue weighted by Gasteiger charge is -2.24. The number of phenolic OH excluding ortho intramolecular Hbond substituents is 1. The minimum atomic E-state index is -0.253. The van der Waals surface area contributed by atoms with Crippen LogP contribution in [0.15, 0.2) is 36.4 Å². The number of hydrogen-bond donors (Lipinski definition) is 2. The zero-order chi connectivity index (χ0) is 21.3. The second-order valence-corrected chi connectivity index (χ2v) is 8.02. The van der Waals surface area contributed by atoms with Gasteiger partial charge in [0.05, 0.1) is 17.8 Å². The van der Waals surface area contributed by atoms with Crippen LogP contribution in [0, 0.1) is 0 Å². The Kier molecular flexibility index (Phi) is 5.72. The SMILES string of the molecule is COc1cc(CN(C(=O)Nc2cc(N3CCCC3=O)ccc2Cl)C2CC2)ccc1O. The molecule has 0 atom stereocenters. The number of methoxy groups -OCH3 is 1. The first kappa shape index (κ1) is 20.3. The van der Waals surface area contributed by atoms with Gasteiger partial charge in [0.1, 0.15) is 0 Å². The highest BCUT2D eigenvalue weighted by Gasteiger charge is 2.33. The van der Waals surface area contributed by atoms with Crippen molar-refractivity contribution in [1.29, 1.82) is 0 Å². The van der Waals surface area contributed by atoms with E-state index >= 15 is 0 Å². The molecule has 3 amide bonds. The van der Waals surface area contributed by atoms with Gasteiger partial charge in [0, 0.05) is 31.2 Å². The lowest BCUT2D eigenvalue weighted by Crippen LogP contribution is -2.36. The highest BCUT2D eigenvalue weighted by Crippen LogP contribution is 2.34. The average Bonchev–Trinajstić information content (AvgIpc) is 3.49. The van der Waals surface area contributed by atoms with E-state index in [1.807, 2.05) is 0 Å². The Morgan fingerprint density at radius 3 is 2.77 bits per heavy atom. The number of ether oxygens (including phenoxy) is 1. The molecule has 8 heteroatoms.